The summed E-state index contributed by atoms with van der Waals surface area (Å²) in [6, 6.07) is 5.67. The summed E-state index contributed by atoms with van der Waals surface area (Å²) < 4.78 is 11.4. The Hall–Kier alpha value is -2.41. The zero-order valence-corrected chi connectivity index (χ0v) is 16.6. The Balaban J connectivity index is 1.60. The highest BCUT2D eigenvalue weighted by Gasteiger charge is 2.27. The molecule has 0 spiro atoms. The summed E-state index contributed by atoms with van der Waals surface area (Å²) in [6.07, 6.45) is 7.65. The van der Waals surface area contributed by atoms with Crippen molar-refractivity contribution in [1.29, 1.82) is 0 Å². The molecular formula is C20H25N3O3S. The van der Waals surface area contributed by atoms with Crippen molar-refractivity contribution in [3.8, 4) is 11.5 Å². The normalized spacial score (nSPS) is 13.7. The van der Waals surface area contributed by atoms with E-state index < -0.39 is 0 Å². The van der Waals surface area contributed by atoms with Gasteiger partial charge in [-0.15, -0.1) is 10.2 Å². The van der Waals surface area contributed by atoms with Gasteiger partial charge in [-0.25, -0.2) is 0 Å². The van der Waals surface area contributed by atoms with E-state index in [4.69, 9.17) is 9.47 Å². The van der Waals surface area contributed by atoms with Crippen molar-refractivity contribution >= 4 is 28.5 Å². The number of ether oxygens (including phenoxy) is 2. The van der Waals surface area contributed by atoms with Crippen molar-refractivity contribution in [3.05, 3.63) is 34.8 Å². The summed E-state index contributed by atoms with van der Waals surface area (Å²) in [5.41, 5.74) is 0.868. The minimum atomic E-state index is -0.227. The van der Waals surface area contributed by atoms with Crippen molar-refractivity contribution in [1.82, 2.24) is 10.2 Å². The van der Waals surface area contributed by atoms with Crippen LogP contribution in [-0.2, 0) is 4.79 Å². The molecule has 7 heteroatoms. The van der Waals surface area contributed by atoms with Crippen LogP contribution in [0.1, 0.15) is 56.0 Å². The second kappa shape index (κ2) is 9.50. The summed E-state index contributed by atoms with van der Waals surface area (Å²) >= 11 is 1.45. The lowest BCUT2D eigenvalue weighted by Gasteiger charge is -2.12. The number of carbonyl (C=O) groups excluding carboxylic acids is 1. The van der Waals surface area contributed by atoms with Gasteiger partial charge >= 0.3 is 0 Å². The second-order valence-electron chi connectivity index (χ2n) is 6.38. The summed E-state index contributed by atoms with van der Waals surface area (Å²) in [4.78, 5) is 12.1. The van der Waals surface area contributed by atoms with Gasteiger partial charge < -0.3 is 9.47 Å². The number of unbranched alkanes of at least 4 members (excludes halogenated alkanes) is 1. The summed E-state index contributed by atoms with van der Waals surface area (Å²) in [7, 11) is 0. The number of hydrogen-bond acceptors (Lipinski definition) is 6. The summed E-state index contributed by atoms with van der Waals surface area (Å²) in [5.74, 6) is 1.73. The molecule has 0 unspecified atom stereocenters. The third kappa shape index (κ3) is 5.79. The van der Waals surface area contributed by atoms with Gasteiger partial charge in [0.2, 0.25) is 11.0 Å². The standard InChI is InChI=1S/C20H25N3O3S/c1-3-5-12-26-16-10-6-14(13-17(16)25-4-2)7-11-18(24)21-20-23-22-19(27-20)15-8-9-15/h6-7,10-11,13,15H,3-5,8-9,12H2,1-2H3,(H,21,23,24)/b11-7+. The fourth-order valence-electron chi connectivity index (χ4n) is 2.44. The Morgan fingerprint density at radius 2 is 2.11 bits per heavy atom. The lowest BCUT2D eigenvalue weighted by atomic mass is 10.2. The van der Waals surface area contributed by atoms with Crippen LogP contribution < -0.4 is 14.8 Å². The van der Waals surface area contributed by atoms with E-state index in [1.807, 2.05) is 25.1 Å². The van der Waals surface area contributed by atoms with Crippen LogP contribution in [0.3, 0.4) is 0 Å². The van der Waals surface area contributed by atoms with Crippen molar-refractivity contribution in [3.63, 3.8) is 0 Å². The van der Waals surface area contributed by atoms with E-state index in [2.05, 4.69) is 22.4 Å². The molecule has 1 aliphatic carbocycles. The molecular weight excluding hydrogens is 362 g/mol. The third-order valence-corrected chi connectivity index (χ3v) is 5.05. The molecule has 1 fully saturated rings. The zero-order chi connectivity index (χ0) is 19.1. The molecule has 0 aliphatic heterocycles. The molecule has 0 bridgehead atoms. The highest BCUT2D eigenvalue weighted by molar-refractivity contribution is 7.15. The number of aromatic nitrogens is 2. The van der Waals surface area contributed by atoms with Crippen LogP contribution >= 0.6 is 11.3 Å². The molecule has 0 saturated heterocycles. The molecule has 0 radical (unpaired) electrons. The number of amides is 1. The lowest BCUT2D eigenvalue weighted by molar-refractivity contribution is -0.111. The molecule has 1 saturated carbocycles. The smallest absolute Gasteiger partial charge is 0.250 e. The van der Waals surface area contributed by atoms with Crippen LogP contribution in [0.5, 0.6) is 11.5 Å². The number of nitrogens with zero attached hydrogens (tertiary/aromatic N) is 2. The lowest BCUT2D eigenvalue weighted by Crippen LogP contribution is -2.07. The maximum Gasteiger partial charge on any atom is 0.250 e. The Bertz CT molecular complexity index is 800. The largest absolute Gasteiger partial charge is 0.490 e. The second-order valence-corrected chi connectivity index (χ2v) is 7.39. The van der Waals surface area contributed by atoms with Gasteiger partial charge in [-0.2, -0.15) is 0 Å². The highest BCUT2D eigenvalue weighted by Crippen LogP contribution is 2.42. The van der Waals surface area contributed by atoms with E-state index in [0.29, 0.717) is 30.0 Å². The summed E-state index contributed by atoms with van der Waals surface area (Å²) in [5, 5.41) is 12.5. The number of benzene rings is 1. The molecule has 1 heterocycles. The molecule has 1 amide bonds. The minimum Gasteiger partial charge on any atom is -0.490 e. The van der Waals surface area contributed by atoms with Crippen molar-refractivity contribution in [2.45, 2.75) is 45.4 Å². The highest BCUT2D eigenvalue weighted by atomic mass is 32.1. The van der Waals surface area contributed by atoms with Gasteiger partial charge in [0.15, 0.2) is 11.5 Å². The maximum absolute atomic E-state index is 12.1. The van der Waals surface area contributed by atoms with Gasteiger partial charge in [-0.3, -0.25) is 10.1 Å². The van der Waals surface area contributed by atoms with Crippen molar-refractivity contribution < 1.29 is 14.3 Å². The van der Waals surface area contributed by atoms with Crippen molar-refractivity contribution in [2.24, 2.45) is 0 Å². The van der Waals surface area contributed by atoms with Crippen LogP contribution in [0.25, 0.3) is 6.08 Å². The SMILES string of the molecule is CCCCOc1ccc(/C=C/C(=O)Nc2nnc(C3CC3)s2)cc1OCC. The van der Waals surface area contributed by atoms with Gasteiger partial charge in [0.05, 0.1) is 13.2 Å². The number of nitrogens with one attached hydrogen (secondary N) is 1. The van der Waals surface area contributed by atoms with Gasteiger partial charge in [-0.1, -0.05) is 30.7 Å². The van der Waals surface area contributed by atoms with Crippen LogP contribution in [-0.4, -0.2) is 29.3 Å². The Morgan fingerprint density at radius 3 is 2.85 bits per heavy atom. The van der Waals surface area contributed by atoms with Crippen molar-refractivity contribution in [2.75, 3.05) is 18.5 Å². The zero-order valence-electron chi connectivity index (χ0n) is 15.7. The maximum atomic E-state index is 12.1. The average molecular weight is 388 g/mol. The van der Waals surface area contributed by atoms with E-state index in [1.54, 1.807) is 6.08 Å². The molecule has 0 atom stereocenters. The third-order valence-electron chi connectivity index (χ3n) is 4.05. The molecule has 1 aliphatic rings. The first-order valence-electron chi connectivity index (χ1n) is 9.41. The van der Waals surface area contributed by atoms with E-state index in [-0.39, 0.29) is 5.91 Å². The Kier molecular flexibility index (Phi) is 6.81. The fourth-order valence-corrected chi connectivity index (χ4v) is 3.36. The molecule has 144 valence electrons. The van der Waals surface area contributed by atoms with Crippen LogP contribution in [0.15, 0.2) is 24.3 Å². The van der Waals surface area contributed by atoms with Crippen LogP contribution in [0.4, 0.5) is 5.13 Å². The Labute approximate surface area is 163 Å². The number of hydrogen-bond donors (Lipinski definition) is 1. The molecule has 1 N–H and O–H groups in total. The monoisotopic (exact) mass is 387 g/mol. The Morgan fingerprint density at radius 1 is 1.26 bits per heavy atom. The van der Waals surface area contributed by atoms with Gasteiger partial charge in [0.1, 0.15) is 5.01 Å². The minimum absolute atomic E-state index is 0.227. The van der Waals surface area contributed by atoms with Gasteiger partial charge in [-0.05, 0) is 50.0 Å². The van der Waals surface area contributed by atoms with Crippen LogP contribution in [0, 0.1) is 0 Å². The number of anilines is 1. The molecule has 1 aromatic heterocycles. The molecule has 1 aromatic carbocycles. The number of carbonyl (C=O) groups is 1. The molecule has 27 heavy (non-hydrogen) atoms. The van der Waals surface area contributed by atoms with E-state index >= 15 is 0 Å². The number of rotatable bonds is 10. The van der Waals surface area contributed by atoms with Gasteiger partial charge in [0.25, 0.3) is 0 Å². The average Bonchev–Trinajstić information content (AvgIpc) is 3.41. The first kappa shape index (κ1) is 19.4. The predicted octanol–water partition coefficient (Wildman–Crippen LogP) is 4.65. The summed E-state index contributed by atoms with van der Waals surface area (Å²) in [6.45, 7) is 5.28. The molecule has 6 nitrogen and oxygen atoms in total. The van der Waals surface area contributed by atoms with E-state index in [1.165, 1.54) is 30.3 Å². The topological polar surface area (TPSA) is 73.3 Å². The first-order chi connectivity index (χ1) is 13.2. The molecule has 3 rings (SSSR count). The van der Waals surface area contributed by atoms with Crippen LogP contribution in [0.2, 0.25) is 0 Å². The van der Waals surface area contributed by atoms with E-state index in [0.717, 1.165) is 29.2 Å². The fraction of sp³-hybridized carbons (Fsp3) is 0.450. The predicted molar refractivity (Wildman–Crippen MR) is 108 cm³/mol. The first-order valence-corrected chi connectivity index (χ1v) is 10.2. The van der Waals surface area contributed by atoms with E-state index in [9.17, 15) is 4.79 Å². The molecule has 2 aromatic rings. The quantitative estimate of drug-likeness (QED) is 0.475. The van der Waals surface area contributed by atoms with Gasteiger partial charge in [0, 0.05) is 12.0 Å².